The van der Waals surface area contributed by atoms with E-state index in [0.29, 0.717) is 19.3 Å². The Morgan fingerprint density at radius 2 is 0.667 bits per heavy atom. The Balaban J connectivity index is 0. The van der Waals surface area contributed by atoms with Gasteiger partial charge in [-0.15, -0.1) is 0 Å². The molecule has 0 aliphatic heterocycles. The maximum Gasteiger partial charge on any atom is 0.306 e. The maximum atomic E-state index is 12.1. The van der Waals surface area contributed by atoms with Crippen molar-refractivity contribution < 1.29 is 43.9 Å². The van der Waals surface area contributed by atoms with Crippen molar-refractivity contribution in [2.45, 2.75) is 277 Å². The summed E-state index contributed by atoms with van der Waals surface area (Å²) in [4.78, 5) is 35.4. The van der Waals surface area contributed by atoms with Crippen molar-refractivity contribution in [3.8, 4) is 0 Å². The number of unbranched alkanes of at least 4 members (excludes halogenated alkanes) is 30. The molecule has 0 saturated heterocycles. The van der Waals surface area contributed by atoms with Gasteiger partial charge in [0, 0.05) is 19.3 Å². The van der Waals surface area contributed by atoms with E-state index >= 15 is 0 Å². The average molecular weight is 895 g/mol. The molecule has 0 aliphatic rings. The molecule has 9 heteroatoms. The van der Waals surface area contributed by atoms with Crippen molar-refractivity contribution in [1.29, 1.82) is 0 Å². The summed E-state index contributed by atoms with van der Waals surface area (Å²) in [6, 6.07) is 0. The minimum Gasteiger partial charge on any atom is -0.463 e. The summed E-state index contributed by atoms with van der Waals surface area (Å²) in [5, 5.41) is 27.1. The van der Waals surface area contributed by atoms with Gasteiger partial charge in [-0.3, -0.25) is 14.4 Å². The molecule has 0 amide bonds. The zero-order chi connectivity index (χ0) is 46.5. The number of carbonyl (C=O) groups is 3. The van der Waals surface area contributed by atoms with Crippen molar-refractivity contribution in [3.05, 3.63) is 24.3 Å². The fourth-order valence-corrected chi connectivity index (χ4v) is 7.20. The zero-order valence-electron chi connectivity index (χ0n) is 41.5. The quantitative estimate of drug-likeness (QED) is 0.0236. The van der Waals surface area contributed by atoms with Crippen molar-refractivity contribution >= 4 is 17.9 Å². The molecule has 0 aromatic carbocycles. The van der Waals surface area contributed by atoms with Crippen LogP contribution in [0.4, 0.5) is 0 Å². The molecule has 0 spiro atoms. The van der Waals surface area contributed by atoms with E-state index in [9.17, 15) is 19.5 Å². The molecule has 0 rings (SSSR count). The highest BCUT2D eigenvalue weighted by Gasteiger charge is 2.16. The molecular formula is C54H102O9. The number of allylic oxidation sites excluding steroid dienone is 4. The highest BCUT2D eigenvalue weighted by Crippen LogP contribution is 2.14. The van der Waals surface area contributed by atoms with Crippen LogP contribution in [0.5, 0.6) is 0 Å². The molecule has 9 nitrogen and oxygen atoms in total. The van der Waals surface area contributed by atoms with Crippen LogP contribution in [0.2, 0.25) is 0 Å². The van der Waals surface area contributed by atoms with Gasteiger partial charge in [-0.25, -0.2) is 0 Å². The number of aliphatic hydroxyl groups excluding tert-OH is 3. The lowest BCUT2D eigenvalue weighted by Crippen LogP contribution is -2.28. The van der Waals surface area contributed by atoms with Gasteiger partial charge in [-0.05, 0) is 70.6 Å². The van der Waals surface area contributed by atoms with Gasteiger partial charge in [0.1, 0.15) is 19.3 Å². The first kappa shape index (κ1) is 62.9. The first-order valence-corrected chi connectivity index (χ1v) is 26.5. The van der Waals surface area contributed by atoms with Crippen LogP contribution in [0, 0.1) is 0 Å². The molecule has 372 valence electrons. The lowest BCUT2D eigenvalue weighted by Gasteiger charge is -2.15. The highest BCUT2D eigenvalue weighted by atomic mass is 16.6. The Morgan fingerprint density at radius 3 is 0.984 bits per heavy atom. The van der Waals surface area contributed by atoms with Crippen LogP contribution in [0.15, 0.2) is 24.3 Å². The van der Waals surface area contributed by atoms with Gasteiger partial charge in [0.15, 0.2) is 6.10 Å². The third-order valence-corrected chi connectivity index (χ3v) is 11.3. The van der Waals surface area contributed by atoms with Gasteiger partial charge >= 0.3 is 17.9 Å². The normalized spacial score (nSPS) is 12.3. The first-order valence-electron chi connectivity index (χ1n) is 26.5. The van der Waals surface area contributed by atoms with Gasteiger partial charge in [-0.1, -0.05) is 199 Å². The van der Waals surface area contributed by atoms with Gasteiger partial charge in [0.05, 0.1) is 13.2 Å². The van der Waals surface area contributed by atoms with Crippen LogP contribution in [0.3, 0.4) is 0 Å². The second-order valence-corrected chi connectivity index (χ2v) is 17.7. The van der Waals surface area contributed by atoms with E-state index in [0.717, 1.165) is 64.2 Å². The van der Waals surface area contributed by atoms with Gasteiger partial charge in [-0.2, -0.15) is 0 Å². The van der Waals surface area contributed by atoms with E-state index in [2.05, 4.69) is 45.1 Å². The van der Waals surface area contributed by atoms with Crippen molar-refractivity contribution in [1.82, 2.24) is 0 Å². The molecular weight excluding hydrogens is 793 g/mol. The summed E-state index contributed by atoms with van der Waals surface area (Å²) in [6.07, 6.45) is 51.3. The second-order valence-electron chi connectivity index (χ2n) is 17.7. The Morgan fingerprint density at radius 1 is 0.381 bits per heavy atom. The first-order chi connectivity index (χ1) is 30.8. The van der Waals surface area contributed by atoms with Crippen LogP contribution in [-0.2, 0) is 28.6 Å². The molecule has 63 heavy (non-hydrogen) atoms. The number of hydrogen-bond acceptors (Lipinski definition) is 9. The lowest BCUT2D eigenvalue weighted by atomic mass is 10.1. The number of esters is 3. The largest absolute Gasteiger partial charge is 0.463 e. The molecule has 0 fully saturated rings. The third-order valence-electron chi connectivity index (χ3n) is 11.3. The summed E-state index contributed by atoms with van der Waals surface area (Å²) < 4.78 is 15.4. The number of aliphatic hydroxyl groups is 3. The van der Waals surface area contributed by atoms with E-state index < -0.39 is 12.2 Å². The Bertz CT molecular complexity index is 1010. The molecule has 0 aromatic heterocycles. The summed E-state index contributed by atoms with van der Waals surface area (Å²) >= 11 is 0. The summed E-state index contributed by atoms with van der Waals surface area (Å²) in [7, 11) is 0. The molecule has 3 N–H and O–H groups in total. The number of rotatable bonds is 47. The average Bonchev–Trinajstić information content (AvgIpc) is 3.29. The lowest BCUT2D eigenvalue weighted by molar-refractivity contribution is -0.161. The van der Waals surface area contributed by atoms with Crippen molar-refractivity contribution in [2.75, 3.05) is 26.4 Å². The second kappa shape index (κ2) is 54.1. The number of hydrogen-bond donors (Lipinski definition) is 3. The minimum absolute atomic E-state index is 0.0709. The summed E-state index contributed by atoms with van der Waals surface area (Å²) in [5.41, 5.74) is 0. The van der Waals surface area contributed by atoms with Crippen molar-refractivity contribution in [2.24, 2.45) is 0 Å². The van der Waals surface area contributed by atoms with E-state index in [1.165, 1.54) is 161 Å². The smallest absolute Gasteiger partial charge is 0.306 e. The standard InChI is InChI=1S/C39H72O5.C15H30O4/c1-3-5-7-9-11-13-15-17-19-21-23-25-27-29-31-33-38(41)43-36-37(35-40)44-39(42)34-32-30-28-26-24-22-20-18-16-14-12-10-8-6-4-2;1-2-3-4-5-6-7-8-9-10-11-15(18)19-13-14(17)12-16/h17-20,37,40H,3-16,21-36H2,1-2H3;14,16-17H,2-13H2,1H3/b19-17-,20-18-;. The van der Waals surface area contributed by atoms with E-state index in [4.69, 9.17) is 24.4 Å². The Kier molecular flexibility index (Phi) is 54.0. The summed E-state index contributed by atoms with van der Waals surface area (Å²) in [5.74, 6) is -0.889. The van der Waals surface area contributed by atoms with Crippen LogP contribution in [0.1, 0.15) is 265 Å². The van der Waals surface area contributed by atoms with Gasteiger partial charge < -0.3 is 29.5 Å². The fourth-order valence-electron chi connectivity index (χ4n) is 7.20. The zero-order valence-corrected chi connectivity index (χ0v) is 41.5. The topological polar surface area (TPSA) is 140 Å². The number of ether oxygens (including phenoxy) is 3. The molecule has 2 atom stereocenters. The molecule has 0 aliphatic carbocycles. The van der Waals surface area contributed by atoms with Crippen molar-refractivity contribution in [3.63, 3.8) is 0 Å². The van der Waals surface area contributed by atoms with E-state index in [-0.39, 0.29) is 44.3 Å². The molecule has 0 heterocycles. The number of carbonyl (C=O) groups excluding carboxylic acids is 3. The Hall–Kier alpha value is -2.23. The maximum absolute atomic E-state index is 12.1. The highest BCUT2D eigenvalue weighted by molar-refractivity contribution is 5.70. The SMILES string of the molecule is CCCCCCCC/C=C\CCCCCCCC(=O)OCC(CO)OC(=O)CCCCCCC/C=C\CCCCCCCC.CCCCCCCCCCCC(=O)OCC(O)CO. The molecule has 2 unspecified atom stereocenters. The van der Waals surface area contributed by atoms with Crippen LogP contribution in [0.25, 0.3) is 0 Å². The Labute approximate surface area is 388 Å². The predicted molar refractivity (Wildman–Crippen MR) is 263 cm³/mol. The predicted octanol–water partition coefficient (Wildman–Crippen LogP) is 14.3. The monoisotopic (exact) mass is 895 g/mol. The van der Waals surface area contributed by atoms with Crippen LogP contribution >= 0.6 is 0 Å². The minimum atomic E-state index is -0.952. The van der Waals surface area contributed by atoms with Gasteiger partial charge in [0.2, 0.25) is 0 Å². The van der Waals surface area contributed by atoms with Gasteiger partial charge in [0.25, 0.3) is 0 Å². The van der Waals surface area contributed by atoms with E-state index in [1.807, 2.05) is 0 Å². The fraction of sp³-hybridized carbons (Fsp3) is 0.870. The molecule has 0 saturated carbocycles. The molecule has 0 aromatic rings. The van der Waals surface area contributed by atoms with Crippen LogP contribution < -0.4 is 0 Å². The van der Waals surface area contributed by atoms with Crippen LogP contribution in [-0.4, -0.2) is 71.9 Å². The third kappa shape index (κ3) is 54.0. The molecule has 0 radical (unpaired) electrons. The molecule has 0 bridgehead atoms. The van der Waals surface area contributed by atoms with E-state index in [1.54, 1.807) is 0 Å². The summed E-state index contributed by atoms with van der Waals surface area (Å²) in [6.45, 7) is 5.86.